The number of unbranched alkanes of at least 4 members (excludes halogenated alkanes) is 3. The number of nitrogens with zero attached hydrogens (tertiary/aromatic N) is 2. The lowest BCUT2D eigenvalue weighted by atomic mass is 9.92. The molecule has 1 aromatic rings. The molecule has 0 saturated heterocycles. The minimum Gasteiger partial charge on any atom is -0.396 e. The monoisotopic (exact) mass is 905 g/mol. The molecule has 1 aromatic carbocycles. The second-order valence-corrected chi connectivity index (χ2v) is 17.9. The van der Waals surface area contributed by atoms with Crippen LogP contribution >= 0.6 is 8.53 Å². The number of benzene rings is 1. The molecule has 0 aliphatic carbocycles. The van der Waals surface area contributed by atoms with Gasteiger partial charge in [-0.2, -0.15) is 5.26 Å². The third kappa shape index (κ3) is 31.5. The number of hydrogen-bond donors (Lipinski definition) is 3. The molecule has 364 valence electrons. The maximum atomic E-state index is 8.99. The number of aliphatic hydroxyl groups excluding tert-OH is 3. The first-order valence-corrected chi connectivity index (χ1v) is 24.4. The summed E-state index contributed by atoms with van der Waals surface area (Å²) in [6, 6.07) is 12.6. The summed E-state index contributed by atoms with van der Waals surface area (Å²) in [5.41, 5.74) is 0.170. The highest BCUT2D eigenvalue weighted by atomic mass is 31.2. The van der Waals surface area contributed by atoms with E-state index in [0.29, 0.717) is 112 Å². The SMILES string of the molecule is CCCCOCC(COCCCC)(COCCCC)COP(OCCC#N)N(C(C)C)C(C)C.OCCCOCC(COCCCO)(COCCCO)COCc1ccccc1. The van der Waals surface area contributed by atoms with Crippen molar-refractivity contribution in [2.45, 2.75) is 131 Å². The van der Waals surface area contributed by atoms with Crippen molar-refractivity contribution in [1.29, 1.82) is 5.26 Å². The lowest BCUT2D eigenvalue weighted by Crippen LogP contribution is -2.43. The van der Waals surface area contributed by atoms with Gasteiger partial charge in [0.05, 0.1) is 89.4 Å². The van der Waals surface area contributed by atoms with Crippen LogP contribution in [0.4, 0.5) is 0 Å². The van der Waals surface area contributed by atoms with Crippen molar-refractivity contribution in [1.82, 2.24) is 4.67 Å². The van der Waals surface area contributed by atoms with Crippen LogP contribution in [0.3, 0.4) is 0 Å². The van der Waals surface area contributed by atoms with E-state index in [9.17, 15) is 0 Å². The molecule has 1 atom stereocenters. The van der Waals surface area contributed by atoms with Gasteiger partial charge in [-0.05, 0) is 71.8 Å². The molecule has 3 N–H and O–H groups in total. The molecule has 0 aliphatic heterocycles. The van der Waals surface area contributed by atoms with Gasteiger partial charge in [0.15, 0.2) is 0 Å². The highest BCUT2D eigenvalue weighted by molar-refractivity contribution is 7.44. The fourth-order valence-electron chi connectivity index (χ4n) is 5.94. The molecule has 0 bridgehead atoms. The van der Waals surface area contributed by atoms with Gasteiger partial charge >= 0.3 is 0 Å². The van der Waals surface area contributed by atoms with E-state index in [-0.39, 0.29) is 31.9 Å². The summed E-state index contributed by atoms with van der Waals surface area (Å²) in [6.45, 7) is 23.2. The Balaban J connectivity index is 0.00000122. The van der Waals surface area contributed by atoms with Crippen molar-refractivity contribution in [3.8, 4) is 6.07 Å². The Hall–Kier alpha value is -1.38. The fourth-order valence-corrected chi connectivity index (χ4v) is 7.66. The highest BCUT2D eigenvalue weighted by Crippen LogP contribution is 2.47. The average molecular weight is 905 g/mol. The molecule has 1 unspecified atom stereocenters. The van der Waals surface area contributed by atoms with Crippen LogP contribution in [0, 0.1) is 22.2 Å². The first-order valence-electron chi connectivity index (χ1n) is 23.2. The Bertz CT molecular complexity index is 1060. The van der Waals surface area contributed by atoms with Crippen LogP contribution in [-0.4, -0.2) is 151 Å². The van der Waals surface area contributed by atoms with Gasteiger partial charge in [-0.3, -0.25) is 0 Å². The van der Waals surface area contributed by atoms with Crippen molar-refractivity contribution < 1.29 is 57.5 Å². The van der Waals surface area contributed by atoms with E-state index >= 15 is 0 Å². The van der Waals surface area contributed by atoms with Crippen molar-refractivity contribution in [3.63, 3.8) is 0 Å². The van der Waals surface area contributed by atoms with Crippen LogP contribution in [0.1, 0.15) is 118 Å². The van der Waals surface area contributed by atoms with Crippen LogP contribution in [0.15, 0.2) is 30.3 Å². The summed E-state index contributed by atoms with van der Waals surface area (Å²) in [6.07, 6.45) is 8.43. The lowest BCUT2D eigenvalue weighted by Gasteiger charge is -2.39. The second-order valence-electron chi connectivity index (χ2n) is 16.4. The van der Waals surface area contributed by atoms with Gasteiger partial charge in [0.2, 0.25) is 0 Å². The summed E-state index contributed by atoms with van der Waals surface area (Å²) in [5.74, 6) is 0. The zero-order chi connectivity index (χ0) is 46.0. The Morgan fingerprint density at radius 3 is 1.26 bits per heavy atom. The summed E-state index contributed by atoms with van der Waals surface area (Å²) in [7, 11) is -1.33. The highest BCUT2D eigenvalue weighted by Gasteiger charge is 2.37. The predicted octanol–water partition coefficient (Wildman–Crippen LogP) is 8.10. The number of rotatable bonds is 43. The van der Waals surface area contributed by atoms with Crippen molar-refractivity contribution >= 4 is 8.53 Å². The minimum atomic E-state index is -1.33. The predicted molar refractivity (Wildman–Crippen MR) is 247 cm³/mol. The molecule has 0 spiro atoms. The van der Waals surface area contributed by atoms with Gasteiger partial charge < -0.3 is 57.5 Å². The molecule has 14 nitrogen and oxygen atoms in total. The van der Waals surface area contributed by atoms with E-state index in [0.717, 1.165) is 63.9 Å². The maximum Gasteiger partial charge on any atom is 0.259 e. The van der Waals surface area contributed by atoms with Gasteiger partial charge in [-0.25, -0.2) is 4.67 Å². The molecule has 62 heavy (non-hydrogen) atoms. The number of ether oxygens (including phenoxy) is 7. The Labute approximate surface area is 378 Å². The van der Waals surface area contributed by atoms with E-state index < -0.39 is 19.4 Å². The number of nitriles is 1. The van der Waals surface area contributed by atoms with Crippen LogP contribution in [0.2, 0.25) is 0 Å². The third-order valence-electron chi connectivity index (χ3n) is 9.38. The standard InChI is InChI=1S/C26H53N2O5P.C21H36O7/c1-8-11-16-29-20-26(21-30-17-12-9-2,22-31-18-13-10-3)23-33-34(32-19-14-15-27)28(24(4)5)25(6)7;22-9-4-12-25-16-21(17-26-13-5-10-23,18-27-14-6-11-24)19-28-15-20-7-2-1-3-8-20/h24-25H,8-14,16-23H2,1-7H3;1-3,7-8,22-24H,4-6,9-19H2. The molecule has 0 saturated carbocycles. The van der Waals surface area contributed by atoms with Gasteiger partial charge in [0.1, 0.15) is 0 Å². The maximum absolute atomic E-state index is 8.99. The van der Waals surface area contributed by atoms with E-state index in [2.05, 4.69) is 59.2 Å². The van der Waals surface area contributed by atoms with E-state index in [1.165, 1.54) is 0 Å². The minimum absolute atomic E-state index is 0.0809. The van der Waals surface area contributed by atoms with E-state index in [4.69, 9.17) is 62.8 Å². The molecule has 0 radical (unpaired) electrons. The topological polar surface area (TPSA) is 171 Å². The van der Waals surface area contributed by atoms with Gasteiger partial charge in [-0.1, -0.05) is 70.4 Å². The molecule has 0 heterocycles. The Morgan fingerprint density at radius 1 is 0.532 bits per heavy atom. The van der Waals surface area contributed by atoms with Gasteiger partial charge in [-0.15, -0.1) is 0 Å². The zero-order valence-electron chi connectivity index (χ0n) is 39.9. The molecular formula is C47H89N2O12P. The number of hydrogen-bond acceptors (Lipinski definition) is 14. The van der Waals surface area contributed by atoms with Crippen molar-refractivity contribution in [3.05, 3.63) is 35.9 Å². The zero-order valence-corrected chi connectivity index (χ0v) is 40.8. The summed E-state index contributed by atoms with van der Waals surface area (Å²) < 4.78 is 56.5. The first kappa shape index (κ1) is 60.6. The normalized spacial score (nSPS) is 12.6. The molecular weight excluding hydrogens is 815 g/mol. The average Bonchev–Trinajstić information content (AvgIpc) is 3.26. The smallest absolute Gasteiger partial charge is 0.259 e. The second kappa shape index (κ2) is 42.3. The van der Waals surface area contributed by atoms with Gasteiger partial charge in [0.25, 0.3) is 8.53 Å². The molecule has 15 heteroatoms. The van der Waals surface area contributed by atoms with Crippen molar-refractivity contribution in [2.75, 3.05) is 119 Å². The van der Waals surface area contributed by atoms with Gasteiger partial charge in [0, 0.05) is 71.5 Å². The quantitative estimate of drug-likeness (QED) is 0.0424. The van der Waals surface area contributed by atoms with Crippen LogP contribution in [0.25, 0.3) is 0 Å². The van der Waals surface area contributed by atoms with Crippen molar-refractivity contribution in [2.24, 2.45) is 10.8 Å². The third-order valence-corrected chi connectivity index (χ3v) is 11.4. The lowest BCUT2D eigenvalue weighted by molar-refractivity contribution is -0.111. The van der Waals surface area contributed by atoms with Crippen LogP contribution < -0.4 is 0 Å². The van der Waals surface area contributed by atoms with Crippen LogP contribution in [0.5, 0.6) is 0 Å². The fraction of sp³-hybridized carbons (Fsp3) is 0.851. The Kier molecular flexibility index (Phi) is 41.3. The summed E-state index contributed by atoms with van der Waals surface area (Å²) in [5, 5.41) is 35.9. The molecule has 0 aromatic heterocycles. The summed E-state index contributed by atoms with van der Waals surface area (Å²) >= 11 is 0. The number of aliphatic hydroxyl groups is 3. The first-order chi connectivity index (χ1) is 30.1. The summed E-state index contributed by atoms with van der Waals surface area (Å²) in [4.78, 5) is 0. The molecule has 0 amide bonds. The van der Waals surface area contributed by atoms with E-state index in [1.54, 1.807) is 0 Å². The molecule has 0 aliphatic rings. The Morgan fingerprint density at radius 2 is 0.903 bits per heavy atom. The molecule has 0 fully saturated rings. The molecule has 1 rings (SSSR count). The van der Waals surface area contributed by atoms with E-state index in [1.807, 2.05) is 30.3 Å². The van der Waals surface area contributed by atoms with Crippen LogP contribution in [-0.2, 0) is 48.8 Å². The largest absolute Gasteiger partial charge is 0.396 e.